The first-order valence-corrected chi connectivity index (χ1v) is 5.26. The maximum Gasteiger partial charge on any atom is 0.157 e. The maximum absolute atomic E-state index is 8.82. The molecule has 2 aliphatic rings. The van der Waals surface area contributed by atoms with E-state index in [1.807, 2.05) is 0 Å². The Hall–Kier alpha value is -0.120. The Balaban J connectivity index is 1.62. The molecule has 13 heavy (non-hydrogen) atoms. The molecule has 1 heterocycles. The van der Waals surface area contributed by atoms with Crippen LogP contribution in [-0.4, -0.2) is 30.7 Å². The Morgan fingerprint density at radius 1 is 1.31 bits per heavy atom. The zero-order valence-corrected chi connectivity index (χ0v) is 7.95. The molecule has 2 rings (SSSR count). The highest BCUT2D eigenvalue weighted by Crippen LogP contribution is 2.31. The van der Waals surface area contributed by atoms with Gasteiger partial charge in [0.1, 0.15) is 0 Å². The summed E-state index contributed by atoms with van der Waals surface area (Å²) in [5.41, 5.74) is 0. The molecule has 3 heteroatoms. The predicted molar refractivity (Wildman–Crippen MR) is 48.3 cm³/mol. The molecule has 3 nitrogen and oxygen atoms in total. The smallest absolute Gasteiger partial charge is 0.157 e. The van der Waals surface area contributed by atoms with Gasteiger partial charge in [0.05, 0.1) is 6.10 Å². The molecule has 1 N–H and O–H groups in total. The zero-order chi connectivity index (χ0) is 9.10. The van der Waals surface area contributed by atoms with Gasteiger partial charge in [-0.25, -0.2) is 0 Å². The normalized spacial score (nSPS) is 39.9. The zero-order valence-electron chi connectivity index (χ0n) is 7.95. The second kappa shape index (κ2) is 4.40. The van der Waals surface area contributed by atoms with Gasteiger partial charge in [-0.15, -0.1) is 0 Å². The van der Waals surface area contributed by atoms with Crippen molar-refractivity contribution in [1.82, 2.24) is 0 Å². The van der Waals surface area contributed by atoms with Gasteiger partial charge >= 0.3 is 0 Å². The molecule has 0 radical (unpaired) electrons. The first kappa shape index (κ1) is 9.44. The molecule has 1 unspecified atom stereocenters. The highest BCUT2D eigenvalue weighted by molar-refractivity contribution is 4.80. The van der Waals surface area contributed by atoms with Crippen molar-refractivity contribution in [2.75, 3.05) is 13.2 Å². The second-order valence-corrected chi connectivity index (χ2v) is 4.07. The lowest BCUT2D eigenvalue weighted by molar-refractivity contribution is -0.211. The van der Waals surface area contributed by atoms with Gasteiger partial charge in [0.25, 0.3) is 0 Å². The van der Waals surface area contributed by atoms with Gasteiger partial charge in [-0.1, -0.05) is 0 Å². The topological polar surface area (TPSA) is 38.7 Å². The number of hydrogen-bond donors (Lipinski definition) is 1. The van der Waals surface area contributed by atoms with Crippen molar-refractivity contribution < 1.29 is 14.6 Å². The third kappa shape index (κ3) is 2.42. The summed E-state index contributed by atoms with van der Waals surface area (Å²) >= 11 is 0. The van der Waals surface area contributed by atoms with Crippen LogP contribution in [-0.2, 0) is 9.47 Å². The van der Waals surface area contributed by atoms with Crippen LogP contribution >= 0.6 is 0 Å². The van der Waals surface area contributed by atoms with E-state index in [4.69, 9.17) is 14.6 Å². The SMILES string of the molecule is OCC1CC(OC2CCCCO2)C1. The number of aliphatic hydroxyl groups excluding tert-OH is 1. The van der Waals surface area contributed by atoms with Crippen LogP contribution in [0.1, 0.15) is 32.1 Å². The molecule has 2 fully saturated rings. The molecule has 76 valence electrons. The van der Waals surface area contributed by atoms with Crippen molar-refractivity contribution in [3.8, 4) is 0 Å². The van der Waals surface area contributed by atoms with Crippen molar-refractivity contribution in [1.29, 1.82) is 0 Å². The fourth-order valence-corrected chi connectivity index (χ4v) is 1.97. The summed E-state index contributed by atoms with van der Waals surface area (Å²) in [6, 6.07) is 0. The Bertz CT molecular complexity index is 148. The van der Waals surface area contributed by atoms with Crippen molar-refractivity contribution in [2.45, 2.75) is 44.5 Å². The van der Waals surface area contributed by atoms with Gasteiger partial charge in [-0.3, -0.25) is 0 Å². The van der Waals surface area contributed by atoms with Crippen LogP contribution in [0.4, 0.5) is 0 Å². The molecule has 1 saturated heterocycles. The fraction of sp³-hybridized carbons (Fsp3) is 1.00. The van der Waals surface area contributed by atoms with E-state index >= 15 is 0 Å². The minimum atomic E-state index is 0.0402. The summed E-state index contributed by atoms with van der Waals surface area (Å²) in [5.74, 6) is 0.480. The summed E-state index contributed by atoms with van der Waals surface area (Å²) in [6.45, 7) is 1.16. The lowest BCUT2D eigenvalue weighted by Crippen LogP contribution is -2.38. The largest absolute Gasteiger partial charge is 0.396 e. The van der Waals surface area contributed by atoms with Crippen molar-refractivity contribution in [3.63, 3.8) is 0 Å². The molecular weight excluding hydrogens is 168 g/mol. The molecular formula is C10H18O3. The maximum atomic E-state index is 8.82. The van der Waals surface area contributed by atoms with Crippen LogP contribution in [0.5, 0.6) is 0 Å². The predicted octanol–water partition coefficient (Wildman–Crippen LogP) is 1.30. The Morgan fingerprint density at radius 2 is 2.15 bits per heavy atom. The van der Waals surface area contributed by atoms with E-state index in [1.165, 1.54) is 12.8 Å². The summed E-state index contributed by atoms with van der Waals surface area (Å²) in [4.78, 5) is 0. The Morgan fingerprint density at radius 3 is 2.77 bits per heavy atom. The molecule has 1 saturated carbocycles. The average Bonchev–Trinajstić information content (AvgIpc) is 2.12. The Kier molecular flexibility index (Phi) is 3.19. The van der Waals surface area contributed by atoms with Gasteiger partial charge in [-0.05, 0) is 38.0 Å². The molecule has 0 aromatic heterocycles. The molecule has 1 aliphatic carbocycles. The van der Waals surface area contributed by atoms with E-state index in [0.717, 1.165) is 25.9 Å². The summed E-state index contributed by atoms with van der Waals surface area (Å²) in [6.07, 6.45) is 5.84. The highest BCUT2D eigenvalue weighted by atomic mass is 16.7. The lowest BCUT2D eigenvalue weighted by Gasteiger charge is -2.37. The number of rotatable bonds is 3. The van der Waals surface area contributed by atoms with Crippen molar-refractivity contribution in [3.05, 3.63) is 0 Å². The van der Waals surface area contributed by atoms with Crippen LogP contribution in [0.2, 0.25) is 0 Å². The van der Waals surface area contributed by atoms with Crippen LogP contribution in [0.15, 0.2) is 0 Å². The summed E-state index contributed by atoms with van der Waals surface area (Å²) in [7, 11) is 0. The Labute approximate surface area is 79.0 Å². The molecule has 0 bridgehead atoms. The highest BCUT2D eigenvalue weighted by Gasteiger charge is 2.31. The molecule has 0 aromatic carbocycles. The summed E-state index contributed by atoms with van der Waals surface area (Å²) < 4.78 is 11.2. The van der Waals surface area contributed by atoms with E-state index in [2.05, 4.69) is 0 Å². The van der Waals surface area contributed by atoms with E-state index < -0.39 is 0 Å². The first-order valence-electron chi connectivity index (χ1n) is 5.26. The average molecular weight is 186 g/mol. The molecule has 0 spiro atoms. The fourth-order valence-electron chi connectivity index (χ4n) is 1.97. The van der Waals surface area contributed by atoms with Crippen LogP contribution < -0.4 is 0 Å². The third-order valence-electron chi connectivity index (χ3n) is 2.93. The monoisotopic (exact) mass is 186 g/mol. The van der Waals surface area contributed by atoms with E-state index in [1.54, 1.807) is 0 Å². The van der Waals surface area contributed by atoms with Gasteiger partial charge in [0.2, 0.25) is 0 Å². The molecule has 1 aliphatic heterocycles. The van der Waals surface area contributed by atoms with E-state index in [9.17, 15) is 0 Å². The van der Waals surface area contributed by atoms with Crippen molar-refractivity contribution in [2.24, 2.45) is 5.92 Å². The molecule has 1 atom stereocenters. The van der Waals surface area contributed by atoms with E-state index in [-0.39, 0.29) is 6.29 Å². The minimum Gasteiger partial charge on any atom is -0.396 e. The van der Waals surface area contributed by atoms with Crippen molar-refractivity contribution >= 4 is 0 Å². The third-order valence-corrected chi connectivity index (χ3v) is 2.93. The molecule has 0 amide bonds. The van der Waals surface area contributed by atoms with Crippen LogP contribution in [0.25, 0.3) is 0 Å². The number of hydrogen-bond acceptors (Lipinski definition) is 3. The number of aliphatic hydroxyl groups is 1. The van der Waals surface area contributed by atoms with Gasteiger partial charge in [0.15, 0.2) is 6.29 Å². The van der Waals surface area contributed by atoms with E-state index in [0.29, 0.717) is 18.6 Å². The second-order valence-electron chi connectivity index (χ2n) is 4.07. The van der Waals surface area contributed by atoms with Gasteiger partial charge in [-0.2, -0.15) is 0 Å². The van der Waals surface area contributed by atoms with Crippen LogP contribution in [0, 0.1) is 5.92 Å². The van der Waals surface area contributed by atoms with Crippen LogP contribution in [0.3, 0.4) is 0 Å². The lowest BCUT2D eigenvalue weighted by atomic mass is 9.83. The molecule has 0 aromatic rings. The number of ether oxygens (including phenoxy) is 2. The quantitative estimate of drug-likeness (QED) is 0.722. The summed E-state index contributed by atoms with van der Waals surface area (Å²) in [5, 5.41) is 8.82. The van der Waals surface area contributed by atoms with Gasteiger partial charge < -0.3 is 14.6 Å². The first-order chi connectivity index (χ1) is 6.38. The minimum absolute atomic E-state index is 0.0402. The standard InChI is InChI=1S/C10H18O3/c11-7-8-5-9(6-8)13-10-3-1-2-4-12-10/h8-11H,1-7H2. The van der Waals surface area contributed by atoms with Gasteiger partial charge in [0, 0.05) is 13.2 Å².